The van der Waals surface area contributed by atoms with Crippen molar-refractivity contribution in [1.82, 2.24) is 10.6 Å². The van der Waals surface area contributed by atoms with E-state index in [1.54, 1.807) is 12.1 Å². The number of halogens is 5. The lowest BCUT2D eigenvalue weighted by Gasteiger charge is -2.32. The highest BCUT2D eigenvalue weighted by Crippen LogP contribution is 2.43. The Morgan fingerprint density at radius 3 is 2.40 bits per heavy atom. The van der Waals surface area contributed by atoms with Crippen molar-refractivity contribution in [2.75, 3.05) is 33.4 Å². The summed E-state index contributed by atoms with van der Waals surface area (Å²) < 4.78 is 71.3. The lowest BCUT2D eigenvalue weighted by molar-refractivity contribution is -0.140. The fourth-order valence-electron chi connectivity index (χ4n) is 4.48. The summed E-state index contributed by atoms with van der Waals surface area (Å²) in [5.41, 5.74) is -2.71. The van der Waals surface area contributed by atoms with Crippen LogP contribution in [0.25, 0.3) is 0 Å². The summed E-state index contributed by atoms with van der Waals surface area (Å²) in [6.45, 7) is 2.31. The van der Waals surface area contributed by atoms with E-state index in [4.69, 9.17) is 9.47 Å². The number of para-hydroxylation sites is 1. The predicted molar refractivity (Wildman–Crippen MR) is 153 cm³/mol. The number of allylic oxidation sites excluding steroid dienone is 2. The van der Waals surface area contributed by atoms with E-state index < -0.39 is 47.2 Å². The number of dihydropyridines is 1. The third-order valence-corrected chi connectivity index (χ3v) is 6.45. The predicted octanol–water partition coefficient (Wildman–Crippen LogP) is 4.94. The molecule has 1 aliphatic rings. The second-order valence-electron chi connectivity index (χ2n) is 9.61. The van der Waals surface area contributed by atoms with E-state index in [0.717, 1.165) is 19.2 Å². The van der Waals surface area contributed by atoms with Crippen molar-refractivity contribution in [2.24, 2.45) is 0 Å². The first-order valence-electron chi connectivity index (χ1n) is 13.4. The number of unbranched alkanes of at least 4 members (excludes halogenated alkanes) is 2. The summed E-state index contributed by atoms with van der Waals surface area (Å²) in [5.74, 6) is -3.90. The quantitative estimate of drug-likeness (QED) is 0.153. The monoisotopic (exact) mass is 630 g/mol. The van der Waals surface area contributed by atoms with Crippen molar-refractivity contribution < 1.29 is 46.5 Å². The molecule has 2 unspecified atom stereocenters. The standard InChI is InChI=1S/C30H34F4N2O6.ClH/c1-19-24(25(20-10-9-11-21(31)16-20)26(28(38)40-2)27(36-19)30(32,33)34)29(39)41-15-8-4-7-14-35-17-22(37)18-42-23-12-5-3-6-13-23;/h3,5-6,9-13,16,22,25,35-37H,4,7-8,14-15,17-18H2,1-2H3;1H. The topological polar surface area (TPSA) is 106 Å². The summed E-state index contributed by atoms with van der Waals surface area (Å²) in [4.78, 5) is 25.7. The van der Waals surface area contributed by atoms with Gasteiger partial charge in [0, 0.05) is 12.2 Å². The number of nitrogens with one attached hydrogen (secondary N) is 2. The molecule has 43 heavy (non-hydrogen) atoms. The van der Waals surface area contributed by atoms with Gasteiger partial charge in [0.15, 0.2) is 0 Å². The highest BCUT2D eigenvalue weighted by atomic mass is 35.5. The Kier molecular flexibility index (Phi) is 14.0. The summed E-state index contributed by atoms with van der Waals surface area (Å²) in [6.07, 6.45) is -3.84. The highest BCUT2D eigenvalue weighted by Gasteiger charge is 2.47. The molecular weight excluding hydrogens is 596 g/mol. The van der Waals surface area contributed by atoms with Crippen LogP contribution in [-0.4, -0.2) is 62.7 Å². The molecule has 8 nitrogen and oxygen atoms in total. The number of methoxy groups -OCH3 is 1. The second-order valence-corrected chi connectivity index (χ2v) is 9.61. The minimum absolute atomic E-state index is 0. The van der Waals surface area contributed by atoms with E-state index in [2.05, 4.69) is 15.4 Å². The maximum atomic E-state index is 14.1. The Balaban J connectivity index is 0.00000645. The third-order valence-electron chi connectivity index (χ3n) is 6.45. The van der Waals surface area contributed by atoms with Crippen molar-refractivity contribution in [1.29, 1.82) is 0 Å². The number of ether oxygens (including phenoxy) is 3. The molecule has 1 heterocycles. The maximum Gasteiger partial charge on any atom is 0.431 e. The SMILES string of the molecule is COC(=O)C1=C(C(F)(F)F)NC(C)=C(C(=O)OCCCCCNCC(O)COc2ccccc2)C1c1cccc(F)c1.Cl. The largest absolute Gasteiger partial charge is 0.491 e. The number of hydrogen-bond acceptors (Lipinski definition) is 8. The highest BCUT2D eigenvalue weighted by molar-refractivity contribution is 6.00. The zero-order valence-corrected chi connectivity index (χ0v) is 24.5. The lowest BCUT2D eigenvalue weighted by Crippen LogP contribution is -2.38. The molecule has 236 valence electrons. The van der Waals surface area contributed by atoms with Crippen LogP contribution < -0.4 is 15.4 Å². The van der Waals surface area contributed by atoms with E-state index in [0.29, 0.717) is 38.1 Å². The molecule has 0 spiro atoms. The van der Waals surface area contributed by atoms with Gasteiger partial charge in [0.25, 0.3) is 0 Å². The molecule has 0 radical (unpaired) electrons. The number of aliphatic hydroxyl groups excluding tert-OH is 1. The number of alkyl halides is 3. The van der Waals surface area contributed by atoms with Crippen LogP contribution in [0.5, 0.6) is 5.75 Å². The Labute approximate surface area is 253 Å². The van der Waals surface area contributed by atoms with E-state index >= 15 is 0 Å². The molecule has 3 N–H and O–H groups in total. The van der Waals surface area contributed by atoms with Crippen LogP contribution in [0.3, 0.4) is 0 Å². The van der Waals surface area contributed by atoms with Crippen molar-refractivity contribution in [3.63, 3.8) is 0 Å². The summed E-state index contributed by atoms with van der Waals surface area (Å²) in [6, 6.07) is 13.8. The number of aliphatic hydroxyl groups is 1. The maximum absolute atomic E-state index is 14.1. The minimum Gasteiger partial charge on any atom is -0.491 e. The zero-order chi connectivity index (χ0) is 30.7. The molecule has 2 atom stereocenters. The van der Waals surface area contributed by atoms with Crippen LogP contribution in [-0.2, 0) is 19.1 Å². The molecule has 2 aromatic rings. The second kappa shape index (κ2) is 16.9. The van der Waals surface area contributed by atoms with Crippen molar-refractivity contribution in [2.45, 2.75) is 44.4 Å². The van der Waals surface area contributed by atoms with E-state index in [-0.39, 0.29) is 42.5 Å². The van der Waals surface area contributed by atoms with E-state index in [9.17, 15) is 32.3 Å². The van der Waals surface area contributed by atoms with Gasteiger partial charge in [-0.05, 0) is 62.6 Å². The molecule has 3 rings (SSSR count). The Morgan fingerprint density at radius 2 is 1.74 bits per heavy atom. The van der Waals surface area contributed by atoms with Crippen LogP contribution >= 0.6 is 12.4 Å². The normalized spacial score (nSPS) is 15.7. The molecule has 0 aromatic heterocycles. The first kappa shape index (κ1) is 35.6. The van der Waals surface area contributed by atoms with Gasteiger partial charge in [-0.15, -0.1) is 12.4 Å². The van der Waals surface area contributed by atoms with Crippen LogP contribution in [0.4, 0.5) is 17.6 Å². The number of esters is 2. The lowest BCUT2D eigenvalue weighted by atomic mass is 9.80. The van der Waals surface area contributed by atoms with Gasteiger partial charge in [-0.3, -0.25) is 0 Å². The Morgan fingerprint density at radius 1 is 1.02 bits per heavy atom. The summed E-state index contributed by atoms with van der Waals surface area (Å²) >= 11 is 0. The molecule has 0 saturated carbocycles. The molecular formula is C30H35ClF4N2O6. The third kappa shape index (κ3) is 10.3. The van der Waals surface area contributed by atoms with Crippen LogP contribution in [0, 0.1) is 5.82 Å². The average molecular weight is 631 g/mol. The van der Waals surface area contributed by atoms with E-state index in [1.165, 1.54) is 19.1 Å². The molecule has 0 aliphatic carbocycles. The molecule has 13 heteroatoms. The van der Waals surface area contributed by atoms with Gasteiger partial charge >= 0.3 is 18.1 Å². The van der Waals surface area contributed by atoms with Gasteiger partial charge in [-0.25, -0.2) is 14.0 Å². The Bertz CT molecular complexity index is 1290. The average Bonchev–Trinajstić information content (AvgIpc) is 2.96. The number of carbonyl (C=O) groups is 2. The first-order chi connectivity index (χ1) is 20.0. The smallest absolute Gasteiger partial charge is 0.431 e. The van der Waals surface area contributed by atoms with Gasteiger partial charge in [0.1, 0.15) is 30.0 Å². The van der Waals surface area contributed by atoms with Gasteiger partial charge in [-0.1, -0.05) is 30.3 Å². The van der Waals surface area contributed by atoms with Crippen molar-refractivity contribution in [3.05, 3.63) is 88.5 Å². The van der Waals surface area contributed by atoms with Crippen LogP contribution in [0.1, 0.15) is 37.7 Å². The van der Waals surface area contributed by atoms with Crippen LogP contribution in [0.15, 0.2) is 77.1 Å². The van der Waals surface area contributed by atoms with Gasteiger partial charge in [0.05, 0.1) is 30.8 Å². The first-order valence-corrected chi connectivity index (χ1v) is 13.4. The molecule has 0 amide bonds. The molecule has 0 fully saturated rings. The number of carbonyl (C=O) groups excluding carboxylic acids is 2. The number of hydrogen-bond donors (Lipinski definition) is 3. The molecule has 1 aliphatic heterocycles. The summed E-state index contributed by atoms with van der Waals surface area (Å²) in [7, 11) is 0.920. The summed E-state index contributed by atoms with van der Waals surface area (Å²) in [5, 5.41) is 15.3. The van der Waals surface area contributed by atoms with E-state index in [1.807, 2.05) is 18.2 Å². The van der Waals surface area contributed by atoms with Crippen molar-refractivity contribution >= 4 is 24.3 Å². The minimum atomic E-state index is -4.98. The number of benzene rings is 2. The van der Waals surface area contributed by atoms with Gasteiger partial charge < -0.3 is 30.0 Å². The molecule has 0 saturated heterocycles. The van der Waals surface area contributed by atoms with Crippen LogP contribution in [0.2, 0.25) is 0 Å². The zero-order valence-electron chi connectivity index (χ0n) is 23.7. The molecule has 2 aromatic carbocycles. The Hall–Kier alpha value is -3.61. The molecule has 0 bridgehead atoms. The fourth-order valence-corrected chi connectivity index (χ4v) is 4.48. The van der Waals surface area contributed by atoms with Crippen molar-refractivity contribution in [3.8, 4) is 5.75 Å². The van der Waals surface area contributed by atoms with Gasteiger partial charge in [0.2, 0.25) is 0 Å². The number of rotatable bonds is 14. The van der Waals surface area contributed by atoms with Gasteiger partial charge in [-0.2, -0.15) is 13.2 Å². The fraction of sp³-hybridized carbons (Fsp3) is 0.400.